The van der Waals surface area contributed by atoms with Gasteiger partial charge in [0.05, 0.1) is 6.54 Å². The van der Waals surface area contributed by atoms with Gasteiger partial charge in [0.25, 0.3) is 0 Å². The molecule has 2 N–H and O–H groups in total. The first kappa shape index (κ1) is 15.8. The summed E-state index contributed by atoms with van der Waals surface area (Å²) in [6, 6.07) is 9.42. The number of aromatic amines is 1. The Morgan fingerprint density at radius 3 is 2.29 bits per heavy atom. The fourth-order valence-corrected chi connectivity index (χ4v) is 2.61. The molecule has 0 aliphatic carbocycles. The molecule has 0 aliphatic heterocycles. The van der Waals surface area contributed by atoms with Gasteiger partial charge in [-0.3, -0.25) is 0 Å². The molecule has 3 nitrogen and oxygen atoms in total. The van der Waals surface area contributed by atoms with Crippen LogP contribution in [0.4, 0.5) is 0 Å². The van der Waals surface area contributed by atoms with Crippen LogP contribution < -0.4 is 5.32 Å². The number of imidazole rings is 1. The van der Waals surface area contributed by atoms with Crippen LogP contribution in [-0.4, -0.2) is 9.97 Å². The molecular weight excluding hydrogens is 258 g/mol. The zero-order chi connectivity index (χ0) is 15.2. The van der Waals surface area contributed by atoms with Gasteiger partial charge in [-0.25, -0.2) is 4.98 Å². The van der Waals surface area contributed by atoms with Crippen molar-refractivity contribution in [3.8, 4) is 0 Å². The van der Waals surface area contributed by atoms with Crippen molar-refractivity contribution in [2.75, 3.05) is 0 Å². The molecule has 0 radical (unpaired) electrons. The molecule has 0 fully saturated rings. The average Bonchev–Trinajstić information content (AvgIpc) is 3.00. The molecule has 0 bridgehead atoms. The minimum absolute atomic E-state index is 0.348. The maximum Gasteiger partial charge on any atom is 0.120 e. The van der Waals surface area contributed by atoms with Crippen molar-refractivity contribution in [1.29, 1.82) is 0 Å². The van der Waals surface area contributed by atoms with E-state index in [2.05, 4.69) is 67.2 Å². The molecule has 1 heterocycles. The molecule has 0 spiro atoms. The van der Waals surface area contributed by atoms with Gasteiger partial charge in [0.1, 0.15) is 5.82 Å². The summed E-state index contributed by atoms with van der Waals surface area (Å²) in [4.78, 5) is 7.41. The van der Waals surface area contributed by atoms with E-state index in [1.165, 1.54) is 17.5 Å². The van der Waals surface area contributed by atoms with Crippen LogP contribution in [0.5, 0.6) is 0 Å². The van der Waals surface area contributed by atoms with Gasteiger partial charge in [-0.15, -0.1) is 0 Å². The van der Waals surface area contributed by atoms with E-state index < -0.39 is 0 Å². The van der Waals surface area contributed by atoms with Gasteiger partial charge in [0, 0.05) is 18.4 Å². The van der Waals surface area contributed by atoms with E-state index in [0.29, 0.717) is 17.9 Å². The Labute approximate surface area is 128 Å². The van der Waals surface area contributed by atoms with Crippen molar-refractivity contribution in [1.82, 2.24) is 15.3 Å². The summed E-state index contributed by atoms with van der Waals surface area (Å²) in [6.07, 6.45) is 4.84. The summed E-state index contributed by atoms with van der Waals surface area (Å²) in [5.74, 6) is 2.15. The van der Waals surface area contributed by atoms with Crippen LogP contribution in [0, 0.1) is 5.92 Å². The number of benzene rings is 1. The third-order valence-electron chi connectivity index (χ3n) is 4.19. The summed E-state index contributed by atoms with van der Waals surface area (Å²) in [6.45, 7) is 9.79. The smallest absolute Gasteiger partial charge is 0.120 e. The number of aromatic nitrogens is 2. The highest BCUT2D eigenvalue weighted by atomic mass is 15.0. The Balaban J connectivity index is 2.07. The zero-order valence-corrected chi connectivity index (χ0v) is 13.6. The lowest BCUT2D eigenvalue weighted by molar-refractivity contribution is 0.406. The first-order valence-electron chi connectivity index (χ1n) is 7.93. The normalized spacial score (nSPS) is 14.3. The lowest BCUT2D eigenvalue weighted by Gasteiger charge is -2.23. The number of hydrogen-bond donors (Lipinski definition) is 2. The van der Waals surface area contributed by atoms with Crippen molar-refractivity contribution in [3.63, 3.8) is 0 Å². The Morgan fingerprint density at radius 2 is 1.76 bits per heavy atom. The third-order valence-corrected chi connectivity index (χ3v) is 4.19. The number of nitrogens with one attached hydrogen (secondary N) is 2. The summed E-state index contributed by atoms with van der Waals surface area (Å²) in [7, 11) is 0. The van der Waals surface area contributed by atoms with Gasteiger partial charge >= 0.3 is 0 Å². The van der Waals surface area contributed by atoms with Crippen molar-refractivity contribution in [2.24, 2.45) is 5.92 Å². The first-order chi connectivity index (χ1) is 10.1. The second-order valence-electron chi connectivity index (χ2n) is 6.11. The van der Waals surface area contributed by atoms with Crippen LogP contribution >= 0.6 is 0 Å². The van der Waals surface area contributed by atoms with Crippen molar-refractivity contribution >= 4 is 0 Å². The van der Waals surface area contributed by atoms with Crippen molar-refractivity contribution in [2.45, 2.75) is 52.6 Å². The molecule has 2 aromatic rings. The lowest BCUT2D eigenvalue weighted by Crippen LogP contribution is -2.25. The molecular formula is C18H27N3. The fourth-order valence-electron chi connectivity index (χ4n) is 2.61. The highest BCUT2D eigenvalue weighted by molar-refractivity contribution is 5.27. The Kier molecular flexibility index (Phi) is 5.57. The topological polar surface area (TPSA) is 40.7 Å². The van der Waals surface area contributed by atoms with E-state index in [-0.39, 0.29) is 0 Å². The Hall–Kier alpha value is -1.61. The van der Waals surface area contributed by atoms with E-state index in [9.17, 15) is 0 Å². The van der Waals surface area contributed by atoms with Gasteiger partial charge in [0.15, 0.2) is 0 Å². The maximum absolute atomic E-state index is 4.27. The molecule has 2 unspecified atom stereocenters. The quantitative estimate of drug-likeness (QED) is 0.791. The van der Waals surface area contributed by atoms with E-state index in [1.807, 2.05) is 6.20 Å². The Bertz CT molecular complexity index is 514. The van der Waals surface area contributed by atoms with Crippen molar-refractivity contribution < 1.29 is 0 Å². The Morgan fingerprint density at radius 1 is 1.10 bits per heavy atom. The molecule has 21 heavy (non-hydrogen) atoms. The van der Waals surface area contributed by atoms with E-state index in [4.69, 9.17) is 0 Å². The highest BCUT2D eigenvalue weighted by Gasteiger charge is 2.16. The van der Waals surface area contributed by atoms with Crippen LogP contribution in [0.3, 0.4) is 0 Å². The number of H-pyrrole nitrogens is 1. The average molecular weight is 285 g/mol. The van der Waals surface area contributed by atoms with E-state index >= 15 is 0 Å². The largest absolute Gasteiger partial charge is 0.348 e. The monoisotopic (exact) mass is 285 g/mol. The summed E-state index contributed by atoms with van der Waals surface area (Å²) < 4.78 is 0. The van der Waals surface area contributed by atoms with E-state index in [1.54, 1.807) is 6.20 Å². The molecule has 3 heteroatoms. The molecule has 0 saturated carbocycles. The van der Waals surface area contributed by atoms with Gasteiger partial charge in [-0.05, 0) is 29.4 Å². The molecule has 1 aromatic heterocycles. The van der Waals surface area contributed by atoms with Gasteiger partial charge in [-0.1, -0.05) is 52.0 Å². The summed E-state index contributed by atoms with van der Waals surface area (Å²) in [5, 5.41) is 3.61. The zero-order valence-electron chi connectivity index (χ0n) is 13.6. The summed E-state index contributed by atoms with van der Waals surface area (Å²) in [5.41, 5.74) is 2.78. The molecule has 0 aliphatic rings. The number of hydrogen-bond acceptors (Lipinski definition) is 2. The molecule has 2 atom stereocenters. The van der Waals surface area contributed by atoms with Crippen LogP contribution in [0.2, 0.25) is 0 Å². The second-order valence-corrected chi connectivity index (χ2v) is 6.11. The maximum atomic E-state index is 4.27. The molecule has 0 amide bonds. The predicted octanol–water partition coefficient (Wildman–Crippen LogP) is 4.41. The number of rotatable bonds is 7. The minimum atomic E-state index is 0.348. The molecule has 114 valence electrons. The van der Waals surface area contributed by atoms with Crippen LogP contribution in [0.25, 0.3) is 0 Å². The number of nitrogens with zero attached hydrogens (tertiary/aromatic N) is 1. The minimum Gasteiger partial charge on any atom is -0.348 e. The van der Waals surface area contributed by atoms with Gasteiger partial charge < -0.3 is 10.3 Å². The van der Waals surface area contributed by atoms with Gasteiger partial charge in [-0.2, -0.15) is 0 Å². The predicted molar refractivity (Wildman–Crippen MR) is 88.2 cm³/mol. The van der Waals surface area contributed by atoms with Gasteiger partial charge in [0.2, 0.25) is 0 Å². The lowest BCUT2D eigenvalue weighted by atomic mass is 9.92. The van der Waals surface area contributed by atoms with Crippen LogP contribution in [0.15, 0.2) is 36.7 Å². The molecule has 0 saturated heterocycles. The summed E-state index contributed by atoms with van der Waals surface area (Å²) >= 11 is 0. The third kappa shape index (κ3) is 4.18. The highest BCUT2D eigenvalue weighted by Crippen LogP contribution is 2.25. The van der Waals surface area contributed by atoms with Crippen LogP contribution in [-0.2, 0) is 6.54 Å². The first-order valence-corrected chi connectivity index (χ1v) is 7.93. The SMILES string of the molecule is CCC(C)c1ccc(C(NCc2ncc[nH]2)C(C)C)cc1. The van der Waals surface area contributed by atoms with Crippen LogP contribution in [0.1, 0.15) is 63.0 Å². The second kappa shape index (κ2) is 7.41. The molecule has 1 aromatic carbocycles. The van der Waals surface area contributed by atoms with E-state index in [0.717, 1.165) is 12.4 Å². The van der Waals surface area contributed by atoms with Crippen molar-refractivity contribution in [3.05, 3.63) is 53.6 Å². The molecule has 2 rings (SSSR count). The standard InChI is InChI=1S/C18H27N3/c1-5-14(4)15-6-8-16(9-7-15)18(13(2)3)21-12-17-19-10-11-20-17/h6-11,13-14,18,21H,5,12H2,1-4H3,(H,19,20). The fraction of sp³-hybridized carbons (Fsp3) is 0.500.